The first-order chi connectivity index (χ1) is 9.61. The predicted octanol–water partition coefficient (Wildman–Crippen LogP) is 4.01. The Kier molecular flexibility index (Phi) is 5.03. The van der Waals surface area contributed by atoms with E-state index in [0.717, 1.165) is 16.6 Å². The molecule has 0 unspecified atom stereocenters. The molecule has 1 aromatic heterocycles. The van der Waals surface area contributed by atoms with E-state index in [2.05, 4.69) is 31.2 Å². The fourth-order valence-electron chi connectivity index (χ4n) is 1.51. The van der Waals surface area contributed by atoms with Gasteiger partial charge in [0.1, 0.15) is 12.0 Å². The Morgan fingerprint density at radius 2 is 2.20 bits per heavy atom. The fraction of sp³-hybridized carbons (Fsp3) is 0.231. The van der Waals surface area contributed by atoms with Gasteiger partial charge in [0.15, 0.2) is 5.82 Å². The molecule has 106 valence electrons. The van der Waals surface area contributed by atoms with Crippen LogP contribution in [0.3, 0.4) is 0 Å². The number of nitrogens with one attached hydrogen (secondary N) is 1. The van der Waals surface area contributed by atoms with Gasteiger partial charge < -0.3 is 15.8 Å². The van der Waals surface area contributed by atoms with Gasteiger partial charge in [-0.1, -0.05) is 18.5 Å². The van der Waals surface area contributed by atoms with E-state index in [1.54, 1.807) is 12.1 Å². The van der Waals surface area contributed by atoms with Crippen LogP contribution in [0.25, 0.3) is 0 Å². The molecule has 3 N–H and O–H groups in total. The molecule has 0 radical (unpaired) electrons. The third-order valence-electron chi connectivity index (χ3n) is 2.47. The van der Waals surface area contributed by atoms with E-state index in [1.165, 1.54) is 6.33 Å². The van der Waals surface area contributed by atoms with Crippen molar-refractivity contribution in [3.8, 4) is 5.88 Å². The first-order valence-electron chi connectivity index (χ1n) is 6.07. The number of benzene rings is 1. The lowest BCUT2D eigenvalue weighted by Crippen LogP contribution is -2.06. The maximum absolute atomic E-state index is 6.00. The number of aromatic nitrogens is 2. The molecule has 0 amide bonds. The molecular weight excluding hydrogens is 344 g/mol. The van der Waals surface area contributed by atoms with Crippen LogP contribution < -0.4 is 15.8 Å². The molecule has 2 rings (SSSR count). The van der Waals surface area contributed by atoms with Gasteiger partial charge >= 0.3 is 0 Å². The molecule has 0 fully saturated rings. The molecule has 1 heterocycles. The predicted molar refractivity (Wildman–Crippen MR) is 84.7 cm³/mol. The molecule has 0 saturated heterocycles. The van der Waals surface area contributed by atoms with E-state index < -0.39 is 0 Å². The van der Waals surface area contributed by atoms with E-state index in [0.29, 0.717) is 29.0 Å². The van der Waals surface area contributed by atoms with Gasteiger partial charge in [0.25, 0.3) is 0 Å². The minimum atomic E-state index is 0.378. The Morgan fingerprint density at radius 3 is 2.90 bits per heavy atom. The first kappa shape index (κ1) is 14.9. The largest absolute Gasteiger partial charge is 0.476 e. The van der Waals surface area contributed by atoms with Gasteiger partial charge in [-0.3, -0.25) is 0 Å². The molecule has 2 aromatic rings. The number of ether oxygens (including phenoxy) is 1. The Morgan fingerprint density at radius 1 is 1.40 bits per heavy atom. The minimum Gasteiger partial charge on any atom is -0.476 e. The van der Waals surface area contributed by atoms with Gasteiger partial charge in [-0.2, -0.15) is 4.98 Å². The Balaban J connectivity index is 2.24. The van der Waals surface area contributed by atoms with Crippen LogP contribution in [0.5, 0.6) is 5.88 Å². The Labute approximate surface area is 130 Å². The third-order valence-corrected chi connectivity index (χ3v) is 3.37. The smallest absolute Gasteiger partial charge is 0.242 e. The zero-order valence-corrected chi connectivity index (χ0v) is 13.2. The topological polar surface area (TPSA) is 73.1 Å². The monoisotopic (exact) mass is 356 g/mol. The number of rotatable bonds is 5. The molecule has 0 spiro atoms. The molecule has 7 heteroatoms. The number of hydrogen-bond donors (Lipinski definition) is 2. The van der Waals surface area contributed by atoms with Crippen molar-refractivity contribution < 1.29 is 4.74 Å². The second-order valence-corrected chi connectivity index (χ2v) is 5.33. The van der Waals surface area contributed by atoms with Crippen molar-refractivity contribution in [3.05, 3.63) is 34.0 Å². The van der Waals surface area contributed by atoms with Gasteiger partial charge in [-0.25, -0.2) is 4.98 Å². The molecule has 0 atom stereocenters. The zero-order chi connectivity index (χ0) is 14.5. The molecule has 5 nitrogen and oxygen atoms in total. The summed E-state index contributed by atoms with van der Waals surface area (Å²) < 4.78 is 6.28. The van der Waals surface area contributed by atoms with Crippen LogP contribution in [0, 0.1) is 0 Å². The minimum absolute atomic E-state index is 0.378. The quantitative estimate of drug-likeness (QED) is 0.846. The average Bonchev–Trinajstić information content (AvgIpc) is 2.42. The van der Waals surface area contributed by atoms with E-state index in [9.17, 15) is 0 Å². The van der Waals surface area contributed by atoms with E-state index in [4.69, 9.17) is 22.1 Å². The molecule has 0 aliphatic rings. The summed E-state index contributed by atoms with van der Waals surface area (Å²) in [5.74, 6) is 0.878. The fourth-order valence-corrected chi connectivity index (χ4v) is 2.29. The second-order valence-electron chi connectivity index (χ2n) is 4.04. The normalized spacial score (nSPS) is 10.3. The van der Waals surface area contributed by atoms with Crippen molar-refractivity contribution in [2.45, 2.75) is 13.3 Å². The third kappa shape index (κ3) is 3.52. The number of nitrogens with zero attached hydrogens (tertiary/aromatic N) is 2. The van der Waals surface area contributed by atoms with E-state index in [1.807, 2.05) is 13.0 Å². The summed E-state index contributed by atoms with van der Waals surface area (Å²) >= 11 is 9.33. The van der Waals surface area contributed by atoms with Crippen molar-refractivity contribution in [1.82, 2.24) is 9.97 Å². The number of nitrogen functional groups attached to an aromatic ring is 1. The van der Waals surface area contributed by atoms with Crippen molar-refractivity contribution >= 4 is 44.7 Å². The van der Waals surface area contributed by atoms with Gasteiger partial charge in [-0.15, -0.1) is 0 Å². The first-order valence-corrected chi connectivity index (χ1v) is 7.24. The summed E-state index contributed by atoms with van der Waals surface area (Å²) in [5.41, 5.74) is 7.18. The summed E-state index contributed by atoms with van der Waals surface area (Å²) in [5, 5.41) is 3.77. The SMILES string of the molecule is CCCOc1ncnc(Nc2ccc(Cl)cc2Br)c1N. The number of anilines is 3. The summed E-state index contributed by atoms with van der Waals surface area (Å²) in [6.45, 7) is 2.58. The lowest BCUT2D eigenvalue weighted by molar-refractivity contribution is 0.307. The molecular formula is C13H14BrClN4O. The second kappa shape index (κ2) is 6.76. The van der Waals surface area contributed by atoms with E-state index in [-0.39, 0.29) is 0 Å². The molecule has 0 bridgehead atoms. The maximum Gasteiger partial charge on any atom is 0.242 e. The van der Waals surface area contributed by atoms with Gasteiger partial charge in [0.05, 0.1) is 12.3 Å². The molecule has 0 aliphatic carbocycles. The zero-order valence-electron chi connectivity index (χ0n) is 10.9. The standard InChI is InChI=1S/C13H14BrClN4O/c1-2-5-20-13-11(16)12(17-7-18-13)19-10-4-3-8(15)6-9(10)14/h3-4,6-7H,2,5,16H2,1H3,(H,17,18,19). The van der Waals surface area contributed by atoms with Crippen LogP contribution in [0.15, 0.2) is 29.0 Å². The molecule has 1 aromatic carbocycles. The van der Waals surface area contributed by atoms with Gasteiger partial charge in [0, 0.05) is 9.50 Å². The molecule has 0 saturated carbocycles. The summed E-state index contributed by atoms with van der Waals surface area (Å²) in [6.07, 6.45) is 2.29. The van der Waals surface area contributed by atoms with Crippen molar-refractivity contribution in [3.63, 3.8) is 0 Å². The van der Waals surface area contributed by atoms with Crippen LogP contribution in [-0.4, -0.2) is 16.6 Å². The number of halogens is 2. The Hall–Kier alpha value is -1.53. The highest BCUT2D eigenvalue weighted by Gasteiger charge is 2.10. The van der Waals surface area contributed by atoms with Crippen molar-refractivity contribution in [2.75, 3.05) is 17.7 Å². The number of hydrogen-bond acceptors (Lipinski definition) is 5. The van der Waals surface area contributed by atoms with Gasteiger partial charge in [0.2, 0.25) is 5.88 Å². The number of nitrogens with two attached hydrogens (primary N) is 1. The van der Waals surface area contributed by atoms with Gasteiger partial charge in [-0.05, 0) is 40.5 Å². The lowest BCUT2D eigenvalue weighted by atomic mass is 10.3. The highest BCUT2D eigenvalue weighted by atomic mass is 79.9. The molecule has 20 heavy (non-hydrogen) atoms. The summed E-state index contributed by atoms with van der Waals surface area (Å²) in [6, 6.07) is 5.40. The van der Waals surface area contributed by atoms with Crippen LogP contribution in [-0.2, 0) is 0 Å². The van der Waals surface area contributed by atoms with Crippen LogP contribution in [0.4, 0.5) is 17.2 Å². The Bertz CT molecular complexity index is 609. The average molecular weight is 358 g/mol. The van der Waals surface area contributed by atoms with Crippen LogP contribution in [0.2, 0.25) is 5.02 Å². The van der Waals surface area contributed by atoms with E-state index >= 15 is 0 Å². The molecule has 0 aliphatic heterocycles. The van der Waals surface area contributed by atoms with Crippen LogP contribution >= 0.6 is 27.5 Å². The maximum atomic E-state index is 6.00. The highest BCUT2D eigenvalue weighted by Crippen LogP contribution is 2.32. The summed E-state index contributed by atoms with van der Waals surface area (Å²) in [4.78, 5) is 8.15. The lowest BCUT2D eigenvalue weighted by Gasteiger charge is -2.12. The summed E-state index contributed by atoms with van der Waals surface area (Å²) in [7, 11) is 0. The van der Waals surface area contributed by atoms with Crippen molar-refractivity contribution in [1.29, 1.82) is 0 Å². The van der Waals surface area contributed by atoms with Crippen LogP contribution in [0.1, 0.15) is 13.3 Å². The highest BCUT2D eigenvalue weighted by molar-refractivity contribution is 9.10. The van der Waals surface area contributed by atoms with Crippen molar-refractivity contribution in [2.24, 2.45) is 0 Å².